The number of piperazine rings is 1. The number of aliphatic hydroxyl groups excluding tert-OH is 1. The van der Waals surface area contributed by atoms with Crippen LogP contribution in [0.5, 0.6) is 17.2 Å². The van der Waals surface area contributed by atoms with Crippen molar-refractivity contribution in [2.24, 2.45) is 0 Å². The third-order valence-corrected chi connectivity index (χ3v) is 5.44. The van der Waals surface area contributed by atoms with Crippen LogP contribution in [-0.2, 0) is 13.1 Å². The summed E-state index contributed by atoms with van der Waals surface area (Å²) in [6, 6.07) is 10.4. The largest absolute Gasteiger partial charge is 0.504 e. The highest BCUT2D eigenvalue weighted by Crippen LogP contribution is 2.28. The molecule has 1 fully saturated rings. The standard InChI is InChI=1S/C22H29FN2O4/c1-28-19-5-4-17(20(23)12-19)14-25-9-8-24(15-18(25)7-10-26)13-16-3-6-21(27)22(11-16)29-2/h3-6,11-12,18,26-27H,7-10,13-15H2,1-2H3/t18-/m1/s1. The van der Waals surface area contributed by atoms with Gasteiger partial charge in [-0.2, -0.15) is 0 Å². The van der Waals surface area contributed by atoms with Crippen molar-refractivity contribution in [3.8, 4) is 17.2 Å². The molecule has 2 aromatic carbocycles. The summed E-state index contributed by atoms with van der Waals surface area (Å²) in [7, 11) is 3.06. The molecule has 1 aliphatic rings. The van der Waals surface area contributed by atoms with E-state index in [4.69, 9.17) is 9.47 Å². The average Bonchev–Trinajstić information content (AvgIpc) is 2.72. The highest BCUT2D eigenvalue weighted by atomic mass is 19.1. The summed E-state index contributed by atoms with van der Waals surface area (Å²) >= 11 is 0. The molecular formula is C22H29FN2O4. The Bertz CT molecular complexity index is 817. The van der Waals surface area contributed by atoms with Gasteiger partial charge in [-0.15, -0.1) is 0 Å². The van der Waals surface area contributed by atoms with E-state index in [0.717, 1.165) is 31.7 Å². The highest BCUT2D eigenvalue weighted by molar-refractivity contribution is 5.41. The quantitative estimate of drug-likeness (QED) is 0.705. The number of hydrogen-bond acceptors (Lipinski definition) is 6. The molecule has 6 nitrogen and oxygen atoms in total. The van der Waals surface area contributed by atoms with Crippen LogP contribution in [0.15, 0.2) is 36.4 Å². The van der Waals surface area contributed by atoms with Crippen molar-refractivity contribution >= 4 is 0 Å². The van der Waals surface area contributed by atoms with Gasteiger partial charge >= 0.3 is 0 Å². The lowest BCUT2D eigenvalue weighted by atomic mass is 10.1. The van der Waals surface area contributed by atoms with Crippen LogP contribution in [0, 0.1) is 5.82 Å². The Kier molecular flexibility index (Phi) is 7.30. The minimum atomic E-state index is -0.272. The van der Waals surface area contributed by atoms with E-state index in [-0.39, 0.29) is 24.2 Å². The number of hydrogen-bond donors (Lipinski definition) is 2. The van der Waals surface area contributed by atoms with E-state index in [1.807, 2.05) is 12.1 Å². The fourth-order valence-electron chi connectivity index (χ4n) is 3.81. The van der Waals surface area contributed by atoms with Crippen molar-refractivity contribution in [2.45, 2.75) is 25.6 Å². The Morgan fingerprint density at radius 2 is 1.90 bits per heavy atom. The number of phenolic OH excluding ortho intramolecular Hbond substituents is 1. The lowest BCUT2D eigenvalue weighted by molar-refractivity contribution is 0.0492. The first kappa shape index (κ1) is 21.4. The fourth-order valence-corrected chi connectivity index (χ4v) is 3.81. The summed E-state index contributed by atoms with van der Waals surface area (Å²) in [4.78, 5) is 4.54. The number of nitrogens with zero attached hydrogens (tertiary/aromatic N) is 2. The van der Waals surface area contributed by atoms with Crippen LogP contribution in [0.4, 0.5) is 4.39 Å². The molecule has 0 unspecified atom stereocenters. The summed E-state index contributed by atoms with van der Waals surface area (Å²) in [5.41, 5.74) is 1.68. The van der Waals surface area contributed by atoms with Gasteiger partial charge in [0.1, 0.15) is 11.6 Å². The third kappa shape index (κ3) is 5.38. The molecule has 7 heteroatoms. The van der Waals surface area contributed by atoms with Gasteiger partial charge in [0.05, 0.1) is 14.2 Å². The maximum Gasteiger partial charge on any atom is 0.160 e. The molecule has 1 aliphatic heterocycles. The minimum absolute atomic E-state index is 0.0904. The van der Waals surface area contributed by atoms with Gasteiger partial charge in [-0.25, -0.2) is 4.39 Å². The van der Waals surface area contributed by atoms with Crippen LogP contribution in [0.2, 0.25) is 0 Å². The number of methoxy groups -OCH3 is 2. The number of phenols is 1. The topological polar surface area (TPSA) is 65.4 Å². The predicted octanol–water partition coefficient (Wildman–Crippen LogP) is 2.62. The molecule has 1 atom stereocenters. The second kappa shape index (κ2) is 9.91. The van der Waals surface area contributed by atoms with Crippen LogP contribution in [0.1, 0.15) is 17.5 Å². The smallest absolute Gasteiger partial charge is 0.160 e. The van der Waals surface area contributed by atoms with Gasteiger partial charge in [-0.05, 0) is 30.2 Å². The molecule has 1 saturated heterocycles. The zero-order valence-electron chi connectivity index (χ0n) is 17.0. The van der Waals surface area contributed by atoms with E-state index in [1.54, 1.807) is 18.2 Å². The molecule has 0 aliphatic carbocycles. The van der Waals surface area contributed by atoms with E-state index in [9.17, 15) is 14.6 Å². The maximum atomic E-state index is 14.4. The third-order valence-electron chi connectivity index (χ3n) is 5.44. The number of aliphatic hydroxyl groups is 1. The van der Waals surface area contributed by atoms with Gasteiger partial charge in [0.25, 0.3) is 0 Å². The number of ether oxygens (including phenoxy) is 2. The Morgan fingerprint density at radius 1 is 1.07 bits per heavy atom. The molecule has 158 valence electrons. The first-order chi connectivity index (χ1) is 14.0. The lowest BCUT2D eigenvalue weighted by Crippen LogP contribution is -2.52. The van der Waals surface area contributed by atoms with Gasteiger partial charge < -0.3 is 19.7 Å². The van der Waals surface area contributed by atoms with E-state index < -0.39 is 0 Å². The Hall–Kier alpha value is -2.35. The Labute approximate surface area is 171 Å². The molecule has 0 spiro atoms. The summed E-state index contributed by atoms with van der Waals surface area (Å²) in [5, 5.41) is 19.3. The Morgan fingerprint density at radius 3 is 2.59 bits per heavy atom. The molecule has 1 heterocycles. The Balaban J connectivity index is 1.66. The minimum Gasteiger partial charge on any atom is -0.504 e. The average molecular weight is 404 g/mol. The molecule has 3 rings (SSSR count). The molecule has 0 saturated carbocycles. The first-order valence-electron chi connectivity index (χ1n) is 9.79. The highest BCUT2D eigenvalue weighted by Gasteiger charge is 2.27. The van der Waals surface area contributed by atoms with Gasteiger partial charge in [0.15, 0.2) is 11.5 Å². The van der Waals surface area contributed by atoms with E-state index in [0.29, 0.717) is 30.0 Å². The van der Waals surface area contributed by atoms with Crippen LogP contribution in [0.25, 0.3) is 0 Å². The first-order valence-corrected chi connectivity index (χ1v) is 9.79. The summed E-state index contributed by atoms with van der Waals surface area (Å²) < 4.78 is 24.6. The van der Waals surface area contributed by atoms with Crippen LogP contribution in [-0.4, -0.2) is 66.5 Å². The van der Waals surface area contributed by atoms with Gasteiger partial charge in [-0.1, -0.05) is 12.1 Å². The molecule has 0 amide bonds. The van der Waals surface area contributed by atoms with E-state index >= 15 is 0 Å². The van der Waals surface area contributed by atoms with Crippen molar-refractivity contribution in [2.75, 3.05) is 40.5 Å². The number of halogens is 1. The maximum absolute atomic E-state index is 14.4. The van der Waals surface area contributed by atoms with Crippen LogP contribution >= 0.6 is 0 Å². The van der Waals surface area contributed by atoms with Crippen molar-refractivity contribution in [3.63, 3.8) is 0 Å². The van der Waals surface area contributed by atoms with Crippen LogP contribution < -0.4 is 9.47 Å². The number of aromatic hydroxyl groups is 1. The SMILES string of the molecule is COc1ccc(CN2CCN(Cc3ccc(O)c(OC)c3)C[C@H]2CCO)c(F)c1. The monoisotopic (exact) mass is 404 g/mol. The summed E-state index contributed by atoms with van der Waals surface area (Å²) in [6.07, 6.45) is 0.632. The zero-order chi connectivity index (χ0) is 20.8. The van der Waals surface area contributed by atoms with E-state index in [1.165, 1.54) is 20.3 Å². The summed E-state index contributed by atoms with van der Waals surface area (Å²) in [5.74, 6) is 0.821. The van der Waals surface area contributed by atoms with Gasteiger partial charge in [-0.3, -0.25) is 9.80 Å². The second-order valence-electron chi connectivity index (χ2n) is 7.34. The lowest BCUT2D eigenvalue weighted by Gasteiger charge is -2.41. The van der Waals surface area contributed by atoms with E-state index in [2.05, 4.69) is 9.80 Å². The van der Waals surface area contributed by atoms with Crippen molar-refractivity contribution in [1.82, 2.24) is 9.80 Å². The zero-order valence-corrected chi connectivity index (χ0v) is 17.0. The van der Waals surface area contributed by atoms with Crippen LogP contribution in [0.3, 0.4) is 0 Å². The fraction of sp³-hybridized carbons (Fsp3) is 0.455. The molecule has 2 N–H and O–H groups in total. The number of benzene rings is 2. The van der Waals surface area contributed by atoms with Crippen molar-refractivity contribution < 1.29 is 24.1 Å². The molecule has 2 aromatic rings. The molecule has 0 bridgehead atoms. The molecule has 0 aromatic heterocycles. The molecular weight excluding hydrogens is 375 g/mol. The molecule has 29 heavy (non-hydrogen) atoms. The van der Waals surface area contributed by atoms with Crippen molar-refractivity contribution in [3.05, 3.63) is 53.3 Å². The number of rotatable bonds is 8. The normalized spacial score (nSPS) is 18.0. The molecule has 0 radical (unpaired) electrons. The second-order valence-corrected chi connectivity index (χ2v) is 7.34. The van der Waals surface area contributed by atoms with Gasteiger partial charge in [0.2, 0.25) is 0 Å². The predicted molar refractivity (Wildman–Crippen MR) is 109 cm³/mol. The van der Waals surface area contributed by atoms with Crippen molar-refractivity contribution in [1.29, 1.82) is 0 Å². The van der Waals surface area contributed by atoms with Gasteiger partial charge in [0, 0.05) is 57.0 Å². The summed E-state index contributed by atoms with van der Waals surface area (Å²) in [6.45, 7) is 3.72.